The Kier molecular flexibility index (Phi) is 4.69. The summed E-state index contributed by atoms with van der Waals surface area (Å²) in [4.78, 5) is 2.61. The fraction of sp³-hybridized carbons (Fsp3) is 0.667. The first-order valence-corrected chi connectivity index (χ1v) is 8.45. The number of nitrogens with one attached hydrogen (secondary N) is 1. The van der Waals surface area contributed by atoms with Crippen LogP contribution in [0.15, 0.2) is 18.2 Å². The van der Waals surface area contributed by atoms with Gasteiger partial charge in [0.15, 0.2) is 0 Å². The average molecular weight is 288 g/mol. The standard InChI is InChI=1S/C18H28N2O/c1-14(2)15-6-4-10-20(11-8-15)13-16-5-3-7-17-18(16)21-12-9-19-17/h3,5,7,14-15,19H,4,6,8-13H2,1-2H3. The molecular weight excluding hydrogens is 260 g/mol. The largest absolute Gasteiger partial charge is 0.489 e. The summed E-state index contributed by atoms with van der Waals surface area (Å²) in [6.07, 6.45) is 4.06. The molecule has 3 heteroatoms. The quantitative estimate of drug-likeness (QED) is 0.917. The number of para-hydroxylation sites is 1. The molecule has 3 rings (SSSR count). The molecular formula is C18H28N2O. The minimum absolute atomic E-state index is 0.777. The minimum Gasteiger partial charge on any atom is -0.489 e. The fourth-order valence-corrected chi connectivity index (χ4v) is 3.61. The van der Waals surface area contributed by atoms with Gasteiger partial charge in [0.25, 0.3) is 0 Å². The van der Waals surface area contributed by atoms with Crippen molar-refractivity contribution in [3.05, 3.63) is 23.8 Å². The molecule has 21 heavy (non-hydrogen) atoms. The van der Waals surface area contributed by atoms with Crippen molar-refractivity contribution in [3.63, 3.8) is 0 Å². The molecule has 1 saturated heterocycles. The Labute approximate surface area is 128 Å². The van der Waals surface area contributed by atoms with E-state index in [0.29, 0.717) is 0 Å². The molecule has 1 aromatic rings. The van der Waals surface area contributed by atoms with Crippen LogP contribution in [0.3, 0.4) is 0 Å². The normalized spacial score (nSPS) is 23.1. The van der Waals surface area contributed by atoms with Gasteiger partial charge >= 0.3 is 0 Å². The highest BCUT2D eigenvalue weighted by Crippen LogP contribution is 2.33. The molecule has 0 aliphatic carbocycles. The SMILES string of the molecule is CC(C)C1CCCN(Cc2cccc3c2OCCN3)CC1. The van der Waals surface area contributed by atoms with Crippen LogP contribution >= 0.6 is 0 Å². The van der Waals surface area contributed by atoms with Gasteiger partial charge in [0, 0.05) is 18.7 Å². The van der Waals surface area contributed by atoms with E-state index in [1.165, 1.54) is 37.9 Å². The minimum atomic E-state index is 0.777. The monoisotopic (exact) mass is 288 g/mol. The van der Waals surface area contributed by atoms with Crippen LogP contribution in [0.25, 0.3) is 0 Å². The molecule has 0 bridgehead atoms. The van der Waals surface area contributed by atoms with Crippen LogP contribution in [0.5, 0.6) is 5.75 Å². The summed E-state index contributed by atoms with van der Waals surface area (Å²) in [7, 11) is 0. The van der Waals surface area contributed by atoms with E-state index < -0.39 is 0 Å². The predicted molar refractivity (Wildman–Crippen MR) is 87.9 cm³/mol. The molecule has 1 atom stereocenters. The third-order valence-corrected chi connectivity index (χ3v) is 4.96. The topological polar surface area (TPSA) is 24.5 Å². The van der Waals surface area contributed by atoms with Gasteiger partial charge in [0.2, 0.25) is 0 Å². The van der Waals surface area contributed by atoms with Gasteiger partial charge in [-0.25, -0.2) is 0 Å². The van der Waals surface area contributed by atoms with Crippen molar-refractivity contribution in [1.29, 1.82) is 0 Å². The summed E-state index contributed by atoms with van der Waals surface area (Å²) in [6.45, 7) is 9.90. The maximum Gasteiger partial charge on any atom is 0.146 e. The Morgan fingerprint density at radius 2 is 2.19 bits per heavy atom. The maximum absolute atomic E-state index is 5.90. The number of hydrogen-bond donors (Lipinski definition) is 1. The van der Waals surface area contributed by atoms with Crippen molar-refractivity contribution in [1.82, 2.24) is 4.90 Å². The molecule has 0 radical (unpaired) electrons. The van der Waals surface area contributed by atoms with E-state index in [1.807, 2.05) is 0 Å². The van der Waals surface area contributed by atoms with E-state index in [9.17, 15) is 0 Å². The van der Waals surface area contributed by atoms with E-state index in [-0.39, 0.29) is 0 Å². The summed E-state index contributed by atoms with van der Waals surface area (Å²) in [5, 5.41) is 3.43. The molecule has 1 unspecified atom stereocenters. The molecule has 116 valence electrons. The Morgan fingerprint density at radius 1 is 1.29 bits per heavy atom. The highest BCUT2D eigenvalue weighted by atomic mass is 16.5. The maximum atomic E-state index is 5.90. The van der Waals surface area contributed by atoms with Gasteiger partial charge in [-0.1, -0.05) is 26.0 Å². The third kappa shape index (κ3) is 3.52. The van der Waals surface area contributed by atoms with Crippen molar-refractivity contribution >= 4 is 5.69 Å². The fourth-order valence-electron chi connectivity index (χ4n) is 3.61. The first kappa shape index (κ1) is 14.7. The molecule has 0 spiro atoms. The molecule has 0 aromatic heterocycles. The van der Waals surface area contributed by atoms with Crippen LogP contribution in [-0.4, -0.2) is 31.1 Å². The van der Waals surface area contributed by atoms with Crippen LogP contribution in [-0.2, 0) is 6.54 Å². The first-order valence-electron chi connectivity index (χ1n) is 8.45. The smallest absolute Gasteiger partial charge is 0.146 e. The Bertz CT molecular complexity index is 472. The lowest BCUT2D eigenvalue weighted by Gasteiger charge is -2.26. The van der Waals surface area contributed by atoms with E-state index in [0.717, 1.165) is 43.0 Å². The number of rotatable bonds is 3. The van der Waals surface area contributed by atoms with Gasteiger partial charge in [-0.05, 0) is 50.3 Å². The summed E-state index contributed by atoms with van der Waals surface area (Å²) in [5.74, 6) is 2.80. The zero-order chi connectivity index (χ0) is 14.7. The zero-order valence-electron chi connectivity index (χ0n) is 13.4. The number of benzene rings is 1. The highest BCUT2D eigenvalue weighted by molar-refractivity contribution is 5.61. The Morgan fingerprint density at radius 3 is 3.05 bits per heavy atom. The second-order valence-electron chi connectivity index (χ2n) is 6.78. The number of nitrogens with zero attached hydrogens (tertiary/aromatic N) is 1. The van der Waals surface area contributed by atoms with E-state index in [1.54, 1.807) is 0 Å². The second-order valence-corrected chi connectivity index (χ2v) is 6.78. The van der Waals surface area contributed by atoms with Gasteiger partial charge < -0.3 is 10.1 Å². The summed E-state index contributed by atoms with van der Waals surface area (Å²) in [5.41, 5.74) is 2.50. The van der Waals surface area contributed by atoms with Crippen molar-refractivity contribution in [3.8, 4) is 5.75 Å². The number of likely N-dealkylation sites (tertiary alicyclic amines) is 1. The highest BCUT2D eigenvalue weighted by Gasteiger charge is 2.21. The number of anilines is 1. The Hall–Kier alpha value is -1.22. The van der Waals surface area contributed by atoms with Gasteiger partial charge in [0.1, 0.15) is 12.4 Å². The van der Waals surface area contributed by atoms with Gasteiger partial charge in [-0.3, -0.25) is 4.90 Å². The van der Waals surface area contributed by atoms with Crippen molar-refractivity contribution < 1.29 is 4.74 Å². The molecule has 1 N–H and O–H groups in total. The lowest BCUT2D eigenvalue weighted by atomic mass is 9.89. The molecule has 2 heterocycles. The molecule has 1 fully saturated rings. The molecule has 0 amide bonds. The van der Waals surface area contributed by atoms with Crippen LogP contribution in [0, 0.1) is 11.8 Å². The van der Waals surface area contributed by atoms with Crippen LogP contribution in [0.4, 0.5) is 5.69 Å². The lowest BCUT2D eigenvalue weighted by molar-refractivity contribution is 0.255. The molecule has 1 aromatic carbocycles. The van der Waals surface area contributed by atoms with Crippen LogP contribution in [0.2, 0.25) is 0 Å². The number of hydrogen-bond acceptors (Lipinski definition) is 3. The second kappa shape index (κ2) is 6.69. The van der Waals surface area contributed by atoms with Crippen molar-refractivity contribution in [2.24, 2.45) is 11.8 Å². The van der Waals surface area contributed by atoms with E-state index >= 15 is 0 Å². The van der Waals surface area contributed by atoms with Crippen molar-refractivity contribution in [2.75, 3.05) is 31.6 Å². The number of ether oxygens (including phenoxy) is 1. The average Bonchev–Trinajstić information content (AvgIpc) is 2.73. The molecule has 2 aliphatic rings. The lowest BCUT2D eigenvalue weighted by Crippen LogP contribution is -2.26. The summed E-state index contributed by atoms with van der Waals surface area (Å²) < 4.78 is 5.90. The zero-order valence-corrected chi connectivity index (χ0v) is 13.4. The van der Waals surface area contributed by atoms with E-state index in [4.69, 9.17) is 4.74 Å². The predicted octanol–water partition coefficient (Wildman–Crippen LogP) is 3.75. The first-order chi connectivity index (χ1) is 10.2. The molecule has 0 saturated carbocycles. The van der Waals surface area contributed by atoms with Gasteiger partial charge in [-0.15, -0.1) is 0 Å². The van der Waals surface area contributed by atoms with Crippen molar-refractivity contribution in [2.45, 2.75) is 39.7 Å². The summed E-state index contributed by atoms with van der Waals surface area (Å²) >= 11 is 0. The molecule has 3 nitrogen and oxygen atoms in total. The van der Waals surface area contributed by atoms with Crippen LogP contribution in [0.1, 0.15) is 38.7 Å². The summed E-state index contributed by atoms with van der Waals surface area (Å²) in [6, 6.07) is 6.48. The van der Waals surface area contributed by atoms with E-state index in [2.05, 4.69) is 42.3 Å². The Balaban J connectivity index is 1.67. The third-order valence-electron chi connectivity index (χ3n) is 4.96. The number of fused-ring (bicyclic) bond motifs is 1. The van der Waals surface area contributed by atoms with Gasteiger partial charge in [0.05, 0.1) is 5.69 Å². The van der Waals surface area contributed by atoms with Crippen LogP contribution < -0.4 is 10.1 Å². The van der Waals surface area contributed by atoms with Gasteiger partial charge in [-0.2, -0.15) is 0 Å². The molecule has 2 aliphatic heterocycles.